The summed E-state index contributed by atoms with van der Waals surface area (Å²) in [7, 11) is 0. The van der Waals surface area contributed by atoms with Gasteiger partial charge >= 0.3 is 0 Å². The summed E-state index contributed by atoms with van der Waals surface area (Å²) >= 11 is 0. The number of anilines is 3. The van der Waals surface area contributed by atoms with Crippen molar-refractivity contribution in [1.29, 1.82) is 0 Å². The first-order valence-electron chi connectivity index (χ1n) is 9.72. The van der Waals surface area contributed by atoms with Gasteiger partial charge in [-0.15, -0.1) is 0 Å². The van der Waals surface area contributed by atoms with Crippen LogP contribution in [0.3, 0.4) is 0 Å². The van der Waals surface area contributed by atoms with Crippen molar-refractivity contribution in [2.24, 2.45) is 5.92 Å². The number of carbonyl (C=O) groups excluding carboxylic acids is 1. The summed E-state index contributed by atoms with van der Waals surface area (Å²) in [6, 6.07) is 9.23. The third-order valence-corrected chi connectivity index (χ3v) is 5.04. The Morgan fingerprint density at radius 2 is 2.10 bits per heavy atom. The number of piperidine rings is 1. The largest absolute Gasteiger partial charge is 0.396 e. The van der Waals surface area contributed by atoms with Crippen molar-refractivity contribution in [3.8, 4) is 11.4 Å². The summed E-state index contributed by atoms with van der Waals surface area (Å²) < 4.78 is 5.01. The Balaban J connectivity index is 1.46. The molecule has 0 radical (unpaired) electrons. The van der Waals surface area contributed by atoms with Crippen molar-refractivity contribution < 1.29 is 9.32 Å². The van der Waals surface area contributed by atoms with E-state index in [0.717, 1.165) is 37.2 Å². The Morgan fingerprint density at radius 1 is 1.31 bits per heavy atom. The van der Waals surface area contributed by atoms with E-state index in [9.17, 15) is 4.79 Å². The van der Waals surface area contributed by atoms with Crippen LogP contribution in [0.4, 0.5) is 17.2 Å². The molecule has 1 aliphatic heterocycles. The number of nitrogens with two attached hydrogens (primary N) is 1. The van der Waals surface area contributed by atoms with E-state index in [1.54, 1.807) is 19.2 Å². The van der Waals surface area contributed by atoms with Gasteiger partial charge in [-0.2, -0.15) is 4.98 Å². The first kappa shape index (κ1) is 18.9. The smallest absolute Gasteiger partial charge is 0.255 e. The van der Waals surface area contributed by atoms with E-state index in [-0.39, 0.29) is 5.91 Å². The number of aromatic nitrogens is 3. The number of likely N-dealkylation sites (tertiary alicyclic amines) is 1. The van der Waals surface area contributed by atoms with Crippen LogP contribution in [0.5, 0.6) is 0 Å². The third-order valence-electron chi connectivity index (χ3n) is 5.04. The summed E-state index contributed by atoms with van der Waals surface area (Å²) in [6.07, 6.45) is 3.78. The molecule has 1 aliphatic rings. The quantitative estimate of drug-likeness (QED) is 0.697. The monoisotopic (exact) mass is 392 g/mol. The molecule has 0 saturated carbocycles. The van der Waals surface area contributed by atoms with Crippen molar-refractivity contribution in [1.82, 2.24) is 20.0 Å². The van der Waals surface area contributed by atoms with E-state index >= 15 is 0 Å². The number of hydrogen-bond donors (Lipinski definition) is 2. The van der Waals surface area contributed by atoms with Crippen LogP contribution >= 0.6 is 0 Å². The van der Waals surface area contributed by atoms with Gasteiger partial charge in [-0.3, -0.25) is 4.79 Å². The maximum absolute atomic E-state index is 12.7. The molecule has 0 spiro atoms. The Hall–Kier alpha value is -3.42. The molecule has 3 N–H and O–H groups in total. The summed E-state index contributed by atoms with van der Waals surface area (Å²) in [4.78, 5) is 23.2. The van der Waals surface area contributed by atoms with Crippen LogP contribution in [-0.2, 0) is 0 Å². The first-order valence-corrected chi connectivity index (χ1v) is 9.72. The van der Waals surface area contributed by atoms with Crippen molar-refractivity contribution in [2.45, 2.75) is 26.7 Å². The van der Waals surface area contributed by atoms with Crippen LogP contribution in [0.15, 0.2) is 41.1 Å². The molecule has 4 rings (SSSR count). The van der Waals surface area contributed by atoms with Gasteiger partial charge in [-0.05, 0) is 49.1 Å². The fourth-order valence-corrected chi connectivity index (χ4v) is 3.52. The van der Waals surface area contributed by atoms with Gasteiger partial charge in [0.2, 0.25) is 11.7 Å². The van der Waals surface area contributed by atoms with Crippen LogP contribution in [-0.4, -0.2) is 39.0 Å². The van der Waals surface area contributed by atoms with Crippen LogP contribution in [0.2, 0.25) is 0 Å². The number of hydrogen-bond acceptors (Lipinski definition) is 7. The fourth-order valence-electron chi connectivity index (χ4n) is 3.52. The minimum absolute atomic E-state index is 0.0120. The van der Waals surface area contributed by atoms with E-state index in [1.165, 1.54) is 0 Å². The van der Waals surface area contributed by atoms with Crippen LogP contribution in [0.1, 0.15) is 36.0 Å². The minimum Gasteiger partial charge on any atom is -0.396 e. The Bertz CT molecular complexity index is 1010. The van der Waals surface area contributed by atoms with E-state index < -0.39 is 0 Å². The van der Waals surface area contributed by atoms with Gasteiger partial charge in [0.25, 0.3) is 5.91 Å². The van der Waals surface area contributed by atoms with E-state index in [2.05, 4.69) is 27.4 Å². The Kier molecular flexibility index (Phi) is 5.16. The average Bonchev–Trinajstić information content (AvgIpc) is 3.16. The maximum Gasteiger partial charge on any atom is 0.255 e. The van der Waals surface area contributed by atoms with Gasteiger partial charge in [0.05, 0.1) is 11.3 Å². The zero-order valence-electron chi connectivity index (χ0n) is 16.6. The lowest BCUT2D eigenvalue weighted by Gasteiger charge is -2.31. The molecule has 1 atom stereocenters. The second-order valence-electron chi connectivity index (χ2n) is 7.50. The maximum atomic E-state index is 12.7. The predicted molar refractivity (Wildman–Crippen MR) is 111 cm³/mol. The van der Waals surface area contributed by atoms with Gasteiger partial charge in [-0.1, -0.05) is 12.1 Å². The van der Waals surface area contributed by atoms with Crippen molar-refractivity contribution in [3.63, 3.8) is 0 Å². The Labute approximate surface area is 169 Å². The normalized spacial score (nSPS) is 16.6. The van der Waals surface area contributed by atoms with Crippen molar-refractivity contribution in [3.05, 3.63) is 48.0 Å². The molecule has 0 unspecified atom stereocenters. The molecule has 1 amide bonds. The number of nitrogens with one attached hydrogen (secondary N) is 1. The number of carbonyl (C=O) groups is 1. The highest BCUT2D eigenvalue weighted by atomic mass is 16.5. The van der Waals surface area contributed by atoms with E-state index in [1.807, 2.05) is 29.2 Å². The van der Waals surface area contributed by atoms with Gasteiger partial charge in [-0.25, -0.2) is 4.98 Å². The number of nitrogen functional groups attached to an aromatic ring is 1. The van der Waals surface area contributed by atoms with Gasteiger partial charge < -0.3 is 20.5 Å². The molecular weight excluding hydrogens is 368 g/mol. The highest BCUT2D eigenvalue weighted by molar-refractivity contribution is 5.95. The summed E-state index contributed by atoms with van der Waals surface area (Å²) in [5, 5.41) is 7.09. The number of benzene rings is 1. The molecule has 8 nitrogen and oxygen atoms in total. The SMILES string of the molecule is Cc1nc(-c2ccc(Nc3ncc(C(=O)N4CCC[C@H](C)C4)cc3N)cc2)no1. The topological polar surface area (TPSA) is 110 Å². The van der Waals surface area contributed by atoms with Crippen LogP contribution in [0.25, 0.3) is 11.4 Å². The second-order valence-corrected chi connectivity index (χ2v) is 7.50. The molecule has 0 bridgehead atoms. The predicted octanol–water partition coefficient (Wildman–Crippen LogP) is 3.64. The van der Waals surface area contributed by atoms with Crippen molar-refractivity contribution in [2.75, 3.05) is 24.1 Å². The molecule has 3 aromatic rings. The summed E-state index contributed by atoms with van der Waals surface area (Å²) in [5.41, 5.74) is 8.78. The highest BCUT2D eigenvalue weighted by Crippen LogP contribution is 2.25. The number of aryl methyl sites for hydroxylation is 1. The number of pyridine rings is 1. The highest BCUT2D eigenvalue weighted by Gasteiger charge is 2.22. The number of amides is 1. The molecule has 1 saturated heterocycles. The van der Waals surface area contributed by atoms with Crippen molar-refractivity contribution >= 4 is 23.1 Å². The Morgan fingerprint density at radius 3 is 2.76 bits per heavy atom. The zero-order chi connectivity index (χ0) is 20.4. The zero-order valence-corrected chi connectivity index (χ0v) is 16.6. The summed E-state index contributed by atoms with van der Waals surface area (Å²) in [5.74, 6) is 2.09. The van der Waals surface area contributed by atoms with E-state index in [4.69, 9.17) is 10.3 Å². The first-order chi connectivity index (χ1) is 14.0. The molecular formula is C21H24N6O2. The number of nitrogens with zero attached hydrogens (tertiary/aromatic N) is 4. The minimum atomic E-state index is -0.0120. The lowest BCUT2D eigenvalue weighted by Crippen LogP contribution is -2.39. The number of rotatable bonds is 4. The molecule has 29 heavy (non-hydrogen) atoms. The standard InChI is InChI=1S/C21H24N6O2/c1-13-4-3-9-27(12-13)21(28)16-10-18(22)20(23-11-16)25-17-7-5-15(6-8-17)19-24-14(2)29-26-19/h5-8,10-11,13H,3-4,9,12,22H2,1-2H3,(H,23,25)/t13-/m0/s1. The van der Waals surface area contributed by atoms with E-state index in [0.29, 0.717) is 34.7 Å². The van der Waals surface area contributed by atoms with Gasteiger partial charge in [0.1, 0.15) is 0 Å². The molecule has 1 aromatic carbocycles. The second kappa shape index (κ2) is 7.90. The molecule has 150 valence electrons. The molecule has 0 aliphatic carbocycles. The molecule has 3 heterocycles. The average molecular weight is 392 g/mol. The van der Waals surface area contributed by atoms with Gasteiger partial charge in [0.15, 0.2) is 5.82 Å². The molecule has 8 heteroatoms. The van der Waals surface area contributed by atoms with Crippen LogP contribution in [0, 0.1) is 12.8 Å². The fraction of sp³-hybridized carbons (Fsp3) is 0.333. The van der Waals surface area contributed by atoms with Crippen LogP contribution < -0.4 is 11.1 Å². The lowest BCUT2D eigenvalue weighted by atomic mass is 10.00. The van der Waals surface area contributed by atoms with Gasteiger partial charge in [0, 0.05) is 37.5 Å². The lowest BCUT2D eigenvalue weighted by molar-refractivity contribution is 0.0682. The summed E-state index contributed by atoms with van der Waals surface area (Å²) in [6.45, 7) is 5.49. The molecule has 1 fully saturated rings. The molecule has 2 aromatic heterocycles. The third kappa shape index (κ3) is 4.21.